The van der Waals surface area contributed by atoms with Crippen LogP contribution in [0.2, 0.25) is 0 Å². The van der Waals surface area contributed by atoms with E-state index in [2.05, 4.69) is 0 Å². The number of hydrogen-bond acceptors (Lipinski definition) is 4. The second-order valence-corrected chi connectivity index (χ2v) is 7.54. The molecular formula is C23H26N2O4. The summed E-state index contributed by atoms with van der Waals surface area (Å²) in [5.41, 5.74) is 3.62. The normalized spacial score (nSPS) is 16.0. The van der Waals surface area contributed by atoms with Crippen LogP contribution in [0.5, 0.6) is 0 Å². The number of benzene rings is 2. The van der Waals surface area contributed by atoms with Crippen molar-refractivity contribution in [1.29, 1.82) is 0 Å². The van der Waals surface area contributed by atoms with Gasteiger partial charge in [0.2, 0.25) is 11.8 Å². The smallest absolute Gasteiger partial charge is 0.337 e. The van der Waals surface area contributed by atoms with Crippen LogP contribution in [-0.2, 0) is 27.4 Å². The zero-order valence-electron chi connectivity index (χ0n) is 17.1. The van der Waals surface area contributed by atoms with E-state index < -0.39 is 0 Å². The molecule has 1 heterocycles. The highest BCUT2D eigenvalue weighted by atomic mass is 16.5. The molecule has 2 aromatic rings. The van der Waals surface area contributed by atoms with Crippen molar-refractivity contribution < 1.29 is 19.1 Å². The number of aryl methyl sites for hydroxylation is 1. The third kappa shape index (κ3) is 5.02. The quantitative estimate of drug-likeness (QED) is 0.707. The van der Waals surface area contributed by atoms with Crippen LogP contribution >= 0.6 is 0 Å². The Labute approximate surface area is 171 Å². The van der Waals surface area contributed by atoms with Crippen molar-refractivity contribution in [1.82, 2.24) is 9.80 Å². The van der Waals surface area contributed by atoms with E-state index in [1.807, 2.05) is 31.2 Å². The van der Waals surface area contributed by atoms with Crippen LogP contribution in [-0.4, -0.2) is 48.3 Å². The SMILES string of the molecule is COC(=O)c1ccc(CN(C)C(=O)C2CC(=O)N(Cc3ccc(C)cc3)C2)cc1. The predicted octanol–water partition coefficient (Wildman–Crippen LogP) is 2.79. The van der Waals surface area contributed by atoms with Crippen molar-refractivity contribution in [2.24, 2.45) is 5.92 Å². The van der Waals surface area contributed by atoms with E-state index in [4.69, 9.17) is 4.74 Å². The van der Waals surface area contributed by atoms with Crippen molar-refractivity contribution in [2.75, 3.05) is 20.7 Å². The maximum atomic E-state index is 12.8. The van der Waals surface area contributed by atoms with Crippen LogP contribution in [0.15, 0.2) is 48.5 Å². The Morgan fingerprint density at radius 3 is 2.31 bits per heavy atom. The third-order valence-electron chi connectivity index (χ3n) is 5.23. The lowest BCUT2D eigenvalue weighted by atomic mass is 10.1. The lowest BCUT2D eigenvalue weighted by molar-refractivity contribution is -0.135. The second-order valence-electron chi connectivity index (χ2n) is 7.54. The van der Waals surface area contributed by atoms with Gasteiger partial charge in [0.1, 0.15) is 0 Å². The molecule has 1 aliphatic heterocycles. The molecule has 2 amide bonds. The largest absolute Gasteiger partial charge is 0.465 e. The first kappa shape index (κ1) is 20.6. The van der Waals surface area contributed by atoms with Crippen molar-refractivity contribution >= 4 is 17.8 Å². The summed E-state index contributed by atoms with van der Waals surface area (Å²) in [5, 5.41) is 0. The Kier molecular flexibility index (Phi) is 6.32. The Hall–Kier alpha value is -3.15. The molecule has 6 heteroatoms. The molecule has 1 aliphatic rings. The summed E-state index contributed by atoms with van der Waals surface area (Å²) in [4.78, 5) is 40.1. The molecule has 0 radical (unpaired) electrons. The zero-order chi connectivity index (χ0) is 21.0. The summed E-state index contributed by atoms with van der Waals surface area (Å²) < 4.78 is 4.69. The minimum absolute atomic E-state index is 0.0137. The van der Waals surface area contributed by atoms with Gasteiger partial charge in [0.05, 0.1) is 18.6 Å². The van der Waals surface area contributed by atoms with Gasteiger partial charge in [0.25, 0.3) is 0 Å². The molecule has 1 unspecified atom stereocenters. The highest BCUT2D eigenvalue weighted by molar-refractivity contribution is 5.90. The zero-order valence-corrected chi connectivity index (χ0v) is 17.1. The highest BCUT2D eigenvalue weighted by Crippen LogP contribution is 2.23. The summed E-state index contributed by atoms with van der Waals surface area (Å²) in [7, 11) is 3.08. The van der Waals surface area contributed by atoms with E-state index in [1.165, 1.54) is 12.7 Å². The van der Waals surface area contributed by atoms with Crippen LogP contribution < -0.4 is 0 Å². The lowest BCUT2D eigenvalue weighted by Crippen LogP contribution is -2.34. The van der Waals surface area contributed by atoms with Crippen LogP contribution in [0, 0.1) is 12.8 Å². The van der Waals surface area contributed by atoms with Crippen LogP contribution in [0.1, 0.15) is 33.5 Å². The van der Waals surface area contributed by atoms with Gasteiger partial charge in [0.15, 0.2) is 0 Å². The molecule has 6 nitrogen and oxygen atoms in total. The van der Waals surface area contributed by atoms with Gasteiger partial charge in [-0.25, -0.2) is 4.79 Å². The van der Waals surface area contributed by atoms with Crippen molar-refractivity contribution in [3.63, 3.8) is 0 Å². The van der Waals surface area contributed by atoms with Crippen LogP contribution in [0.3, 0.4) is 0 Å². The number of hydrogen-bond donors (Lipinski definition) is 0. The molecule has 1 fully saturated rings. The highest BCUT2D eigenvalue weighted by Gasteiger charge is 2.35. The number of amides is 2. The van der Waals surface area contributed by atoms with Gasteiger partial charge in [0, 0.05) is 33.1 Å². The molecule has 152 valence electrons. The molecular weight excluding hydrogens is 368 g/mol. The Morgan fingerprint density at radius 2 is 1.69 bits per heavy atom. The number of likely N-dealkylation sites (tertiary alicyclic amines) is 1. The number of esters is 1. The summed E-state index contributed by atoms with van der Waals surface area (Å²) in [6.45, 7) is 3.42. The van der Waals surface area contributed by atoms with E-state index in [1.54, 1.807) is 41.1 Å². The predicted molar refractivity (Wildman–Crippen MR) is 109 cm³/mol. The van der Waals surface area contributed by atoms with Gasteiger partial charge in [-0.05, 0) is 30.2 Å². The average molecular weight is 394 g/mol. The number of methoxy groups -OCH3 is 1. The van der Waals surface area contributed by atoms with Crippen molar-refractivity contribution in [3.05, 3.63) is 70.8 Å². The van der Waals surface area contributed by atoms with E-state index in [0.29, 0.717) is 25.2 Å². The van der Waals surface area contributed by atoms with Crippen molar-refractivity contribution in [2.45, 2.75) is 26.4 Å². The first-order valence-electron chi connectivity index (χ1n) is 9.63. The second kappa shape index (κ2) is 8.90. The number of ether oxygens (including phenoxy) is 1. The molecule has 29 heavy (non-hydrogen) atoms. The molecule has 0 N–H and O–H groups in total. The fourth-order valence-corrected chi connectivity index (χ4v) is 3.53. The minimum Gasteiger partial charge on any atom is -0.465 e. The maximum absolute atomic E-state index is 12.8. The summed E-state index contributed by atoms with van der Waals surface area (Å²) in [6, 6.07) is 15.1. The van der Waals surface area contributed by atoms with Gasteiger partial charge in [-0.3, -0.25) is 9.59 Å². The Balaban J connectivity index is 1.57. The van der Waals surface area contributed by atoms with Crippen LogP contribution in [0.4, 0.5) is 0 Å². The molecule has 0 aromatic heterocycles. The minimum atomic E-state index is -0.390. The van der Waals surface area contributed by atoms with Gasteiger partial charge in [-0.15, -0.1) is 0 Å². The molecule has 1 saturated heterocycles. The maximum Gasteiger partial charge on any atom is 0.337 e. The van der Waals surface area contributed by atoms with E-state index >= 15 is 0 Å². The van der Waals surface area contributed by atoms with Gasteiger partial charge in [-0.1, -0.05) is 42.0 Å². The van der Waals surface area contributed by atoms with Crippen LogP contribution in [0.25, 0.3) is 0 Å². The van der Waals surface area contributed by atoms with Gasteiger partial charge in [-0.2, -0.15) is 0 Å². The van der Waals surface area contributed by atoms with E-state index in [0.717, 1.165) is 11.1 Å². The average Bonchev–Trinajstić information content (AvgIpc) is 3.09. The summed E-state index contributed by atoms with van der Waals surface area (Å²) >= 11 is 0. The lowest BCUT2D eigenvalue weighted by Gasteiger charge is -2.22. The molecule has 3 rings (SSSR count). The fraction of sp³-hybridized carbons (Fsp3) is 0.348. The Morgan fingerprint density at radius 1 is 1.07 bits per heavy atom. The number of nitrogens with zero attached hydrogens (tertiary/aromatic N) is 2. The van der Waals surface area contributed by atoms with Gasteiger partial charge < -0.3 is 14.5 Å². The molecule has 0 bridgehead atoms. The molecule has 0 saturated carbocycles. The number of rotatable bonds is 6. The molecule has 0 spiro atoms. The topological polar surface area (TPSA) is 66.9 Å². The first-order valence-corrected chi connectivity index (χ1v) is 9.63. The third-order valence-corrected chi connectivity index (χ3v) is 5.23. The van der Waals surface area contributed by atoms with E-state index in [-0.39, 0.29) is 30.1 Å². The summed E-state index contributed by atoms with van der Waals surface area (Å²) in [6.07, 6.45) is 0.246. The van der Waals surface area contributed by atoms with E-state index in [9.17, 15) is 14.4 Å². The molecule has 0 aliphatic carbocycles. The fourth-order valence-electron chi connectivity index (χ4n) is 3.53. The molecule has 2 aromatic carbocycles. The first-order chi connectivity index (χ1) is 13.9. The standard InChI is InChI=1S/C23H26N2O4/c1-16-4-6-18(7-5-16)14-25-15-20(12-21(25)26)22(27)24(2)13-17-8-10-19(11-9-17)23(28)29-3/h4-11,20H,12-15H2,1-3H3. The number of carbonyl (C=O) groups is 3. The van der Waals surface area contributed by atoms with Crippen molar-refractivity contribution in [3.8, 4) is 0 Å². The Bertz CT molecular complexity index is 890. The summed E-state index contributed by atoms with van der Waals surface area (Å²) in [5.74, 6) is -0.743. The molecule has 1 atom stereocenters. The monoisotopic (exact) mass is 394 g/mol. The van der Waals surface area contributed by atoms with Gasteiger partial charge >= 0.3 is 5.97 Å². The number of carbonyl (C=O) groups excluding carboxylic acids is 3.